The predicted molar refractivity (Wildman–Crippen MR) is 103 cm³/mol. The van der Waals surface area contributed by atoms with E-state index in [9.17, 15) is 9.59 Å². The molecular weight excluding hydrogens is 326 g/mol. The lowest BCUT2D eigenvalue weighted by molar-refractivity contribution is -0.121. The summed E-state index contributed by atoms with van der Waals surface area (Å²) in [7, 11) is 0. The number of benzene rings is 2. The molecule has 1 amide bonds. The molecule has 2 aromatic carbocycles. The first-order chi connectivity index (χ1) is 12.4. The summed E-state index contributed by atoms with van der Waals surface area (Å²) in [5.74, 6) is 0.470. The van der Waals surface area contributed by atoms with Crippen LogP contribution in [-0.4, -0.2) is 15.9 Å². The van der Waals surface area contributed by atoms with Gasteiger partial charge in [-0.1, -0.05) is 35.9 Å². The lowest BCUT2D eigenvalue weighted by atomic mass is 10.00. The fourth-order valence-electron chi connectivity index (χ4n) is 3.10. The van der Waals surface area contributed by atoms with Gasteiger partial charge in [-0.15, -0.1) is 0 Å². The third-order valence-electron chi connectivity index (χ3n) is 4.53. The van der Waals surface area contributed by atoms with Crippen molar-refractivity contribution in [1.29, 1.82) is 0 Å². The maximum absolute atomic E-state index is 12.3. The van der Waals surface area contributed by atoms with Gasteiger partial charge in [-0.2, -0.15) is 0 Å². The van der Waals surface area contributed by atoms with Gasteiger partial charge in [0.1, 0.15) is 5.82 Å². The first-order valence-electron chi connectivity index (χ1n) is 8.78. The number of aromatic nitrogens is 2. The monoisotopic (exact) mass is 349 g/mol. The van der Waals surface area contributed by atoms with E-state index in [0.29, 0.717) is 23.1 Å². The minimum absolute atomic E-state index is 0.0609. The Morgan fingerprint density at radius 2 is 1.96 bits per heavy atom. The van der Waals surface area contributed by atoms with E-state index in [0.717, 1.165) is 11.1 Å². The van der Waals surface area contributed by atoms with Crippen LogP contribution in [0.2, 0.25) is 0 Å². The van der Waals surface area contributed by atoms with Gasteiger partial charge in [0.05, 0.1) is 16.9 Å². The molecule has 0 unspecified atom stereocenters. The average molecular weight is 349 g/mol. The Hall–Kier alpha value is -2.95. The zero-order valence-electron chi connectivity index (χ0n) is 15.3. The summed E-state index contributed by atoms with van der Waals surface area (Å²) in [5, 5.41) is 3.59. The molecule has 26 heavy (non-hydrogen) atoms. The molecule has 0 aliphatic heterocycles. The van der Waals surface area contributed by atoms with Gasteiger partial charge in [0.25, 0.3) is 5.56 Å². The topological polar surface area (TPSA) is 74.8 Å². The van der Waals surface area contributed by atoms with Crippen molar-refractivity contribution in [3.05, 3.63) is 75.3 Å². The van der Waals surface area contributed by atoms with E-state index < -0.39 is 0 Å². The summed E-state index contributed by atoms with van der Waals surface area (Å²) in [6.45, 7) is 6.07. The highest BCUT2D eigenvalue weighted by Crippen LogP contribution is 2.19. The van der Waals surface area contributed by atoms with Crippen molar-refractivity contribution in [3.63, 3.8) is 0 Å². The fourth-order valence-corrected chi connectivity index (χ4v) is 3.10. The van der Waals surface area contributed by atoms with E-state index in [1.54, 1.807) is 18.2 Å². The van der Waals surface area contributed by atoms with E-state index in [-0.39, 0.29) is 23.9 Å². The van der Waals surface area contributed by atoms with Crippen LogP contribution in [0.5, 0.6) is 0 Å². The maximum Gasteiger partial charge on any atom is 0.258 e. The molecule has 0 radical (unpaired) electrons. The smallest absolute Gasteiger partial charge is 0.258 e. The summed E-state index contributed by atoms with van der Waals surface area (Å²) in [6, 6.07) is 13.4. The quantitative estimate of drug-likeness (QED) is 0.742. The van der Waals surface area contributed by atoms with Crippen LogP contribution in [0.15, 0.2) is 47.3 Å². The summed E-state index contributed by atoms with van der Waals surface area (Å²) >= 11 is 0. The van der Waals surface area contributed by atoms with Gasteiger partial charge in [-0.05, 0) is 44.0 Å². The number of aryl methyl sites for hydroxylation is 3. The van der Waals surface area contributed by atoms with E-state index >= 15 is 0 Å². The number of nitrogens with zero attached hydrogens (tertiary/aromatic N) is 1. The molecule has 1 heterocycles. The highest BCUT2D eigenvalue weighted by Gasteiger charge is 2.13. The SMILES string of the molecule is Cc1ccc(C)c([C@@H](C)NC(=O)CCc2nc3ccccc3c(=O)[nH]2)c1. The number of aromatic amines is 1. The van der Waals surface area contributed by atoms with Crippen LogP contribution >= 0.6 is 0 Å². The van der Waals surface area contributed by atoms with Gasteiger partial charge in [0, 0.05) is 12.8 Å². The van der Waals surface area contributed by atoms with Crippen molar-refractivity contribution >= 4 is 16.8 Å². The standard InChI is InChI=1S/C21H23N3O2/c1-13-8-9-14(2)17(12-13)15(3)22-20(25)11-10-19-23-18-7-5-4-6-16(18)21(26)24-19/h4-9,12,15H,10-11H2,1-3H3,(H,22,25)(H,23,24,26)/t15-/m1/s1. The van der Waals surface area contributed by atoms with Gasteiger partial charge >= 0.3 is 0 Å². The van der Waals surface area contributed by atoms with Gasteiger partial charge in [-0.25, -0.2) is 4.98 Å². The molecule has 1 aromatic heterocycles. The van der Waals surface area contributed by atoms with Crippen LogP contribution in [0.4, 0.5) is 0 Å². The van der Waals surface area contributed by atoms with Crippen LogP contribution < -0.4 is 10.9 Å². The second kappa shape index (κ2) is 7.52. The molecule has 5 nitrogen and oxygen atoms in total. The van der Waals surface area contributed by atoms with Gasteiger partial charge in [-0.3, -0.25) is 9.59 Å². The third-order valence-corrected chi connectivity index (χ3v) is 4.53. The Labute approximate surface area is 152 Å². The number of nitrogens with one attached hydrogen (secondary N) is 2. The van der Waals surface area contributed by atoms with Crippen LogP contribution in [-0.2, 0) is 11.2 Å². The van der Waals surface area contributed by atoms with Crippen molar-refractivity contribution in [2.45, 2.75) is 39.7 Å². The van der Waals surface area contributed by atoms with Gasteiger partial charge in [0.15, 0.2) is 0 Å². The van der Waals surface area contributed by atoms with Crippen LogP contribution in [0.3, 0.4) is 0 Å². The molecular formula is C21H23N3O2. The Morgan fingerprint density at radius 1 is 1.19 bits per heavy atom. The van der Waals surface area contributed by atoms with E-state index in [1.807, 2.05) is 26.8 Å². The third kappa shape index (κ3) is 3.99. The summed E-state index contributed by atoms with van der Waals surface area (Å²) in [4.78, 5) is 31.6. The number of amides is 1. The zero-order chi connectivity index (χ0) is 18.7. The molecule has 3 aromatic rings. The molecule has 134 valence electrons. The molecule has 0 spiro atoms. The largest absolute Gasteiger partial charge is 0.350 e. The number of carbonyl (C=O) groups excluding carboxylic acids is 1. The van der Waals surface area contributed by atoms with E-state index in [2.05, 4.69) is 33.5 Å². The fraction of sp³-hybridized carbons (Fsp3) is 0.286. The van der Waals surface area contributed by atoms with Crippen LogP contribution in [0, 0.1) is 13.8 Å². The average Bonchev–Trinajstić information content (AvgIpc) is 2.62. The highest BCUT2D eigenvalue weighted by molar-refractivity contribution is 5.78. The zero-order valence-corrected chi connectivity index (χ0v) is 15.3. The molecule has 2 N–H and O–H groups in total. The van der Waals surface area contributed by atoms with Crippen molar-refractivity contribution in [1.82, 2.24) is 15.3 Å². The predicted octanol–water partition coefficient (Wildman–Crippen LogP) is 3.35. The maximum atomic E-state index is 12.3. The Kier molecular flexibility index (Phi) is 5.16. The molecule has 0 aliphatic carbocycles. The number of hydrogen-bond acceptors (Lipinski definition) is 3. The van der Waals surface area contributed by atoms with E-state index in [4.69, 9.17) is 0 Å². The number of carbonyl (C=O) groups is 1. The second-order valence-corrected chi connectivity index (χ2v) is 6.68. The Morgan fingerprint density at radius 3 is 2.77 bits per heavy atom. The summed E-state index contributed by atoms with van der Waals surface area (Å²) in [6.07, 6.45) is 0.669. The molecule has 1 atom stereocenters. The molecule has 0 saturated heterocycles. The molecule has 3 rings (SSSR count). The lowest BCUT2D eigenvalue weighted by Crippen LogP contribution is -2.27. The van der Waals surface area contributed by atoms with E-state index in [1.165, 1.54) is 5.56 Å². The molecule has 5 heteroatoms. The normalized spacial score (nSPS) is 12.1. The first-order valence-corrected chi connectivity index (χ1v) is 8.78. The second-order valence-electron chi connectivity index (χ2n) is 6.68. The van der Waals surface area contributed by atoms with Gasteiger partial charge < -0.3 is 10.3 Å². The number of rotatable bonds is 5. The minimum atomic E-state index is -0.172. The lowest BCUT2D eigenvalue weighted by Gasteiger charge is -2.17. The van der Waals surface area contributed by atoms with Crippen LogP contribution in [0.25, 0.3) is 10.9 Å². The molecule has 0 saturated carbocycles. The minimum Gasteiger partial charge on any atom is -0.350 e. The number of para-hydroxylation sites is 1. The van der Waals surface area contributed by atoms with Crippen molar-refractivity contribution in [2.24, 2.45) is 0 Å². The molecule has 0 bridgehead atoms. The van der Waals surface area contributed by atoms with Crippen molar-refractivity contribution in [3.8, 4) is 0 Å². The summed E-state index contributed by atoms with van der Waals surface area (Å²) < 4.78 is 0. The number of hydrogen-bond donors (Lipinski definition) is 2. The van der Waals surface area contributed by atoms with Crippen molar-refractivity contribution in [2.75, 3.05) is 0 Å². The highest BCUT2D eigenvalue weighted by atomic mass is 16.1. The Bertz CT molecular complexity index is 1010. The number of fused-ring (bicyclic) bond motifs is 1. The number of H-pyrrole nitrogens is 1. The van der Waals surface area contributed by atoms with Crippen molar-refractivity contribution < 1.29 is 4.79 Å². The molecule has 0 aliphatic rings. The Balaban J connectivity index is 1.65. The summed E-state index contributed by atoms with van der Waals surface area (Å²) in [5.41, 5.74) is 3.93. The molecule has 0 fully saturated rings. The van der Waals surface area contributed by atoms with Gasteiger partial charge in [0.2, 0.25) is 5.91 Å². The van der Waals surface area contributed by atoms with Crippen LogP contribution in [0.1, 0.15) is 41.9 Å². The first kappa shape index (κ1) is 17.9.